The average Bonchev–Trinajstić information content (AvgIpc) is 2.11. The molecule has 0 aliphatic heterocycles. The van der Waals surface area contributed by atoms with E-state index in [1.54, 1.807) is 0 Å². The molecule has 1 unspecified atom stereocenters. The Labute approximate surface area is 78.2 Å². The molecular formula is C9H16O4. The van der Waals surface area contributed by atoms with Gasteiger partial charge in [0.05, 0.1) is 0 Å². The highest BCUT2D eigenvalue weighted by atomic mass is 16.7. The molecule has 0 aromatic heterocycles. The first-order chi connectivity index (χ1) is 6.11. The van der Waals surface area contributed by atoms with Gasteiger partial charge in [-0.2, -0.15) is 0 Å². The van der Waals surface area contributed by atoms with Crippen LogP contribution in [0.25, 0.3) is 0 Å². The van der Waals surface area contributed by atoms with Crippen LogP contribution in [-0.2, 0) is 14.3 Å². The van der Waals surface area contributed by atoms with Crippen molar-refractivity contribution in [3.8, 4) is 0 Å². The molecule has 0 saturated heterocycles. The minimum absolute atomic E-state index is 0.182. The summed E-state index contributed by atoms with van der Waals surface area (Å²) in [6, 6.07) is 0. The van der Waals surface area contributed by atoms with E-state index in [1.807, 2.05) is 6.92 Å². The van der Waals surface area contributed by atoms with Gasteiger partial charge in [0.25, 0.3) is 0 Å². The Morgan fingerprint density at radius 1 is 1.62 bits per heavy atom. The summed E-state index contributed by atoms with van der Waals surface area (Å²) in [6.45, 7) is 5.82. The van der Waals surface area contributed by atoms with Crippen molar-refractivity contribution in [2.45, 2.75) is 26.1 Å². The molecule has 0 amide bonds. The van der Waals surface area contributed by atoms with Crippen molar-refractivity contribution in [2.24, 2.45) is 0 Å². The van der Waals surface area contributed by atoms with E-state index in [1.165, 1.54) is 7.11 Å². The van der Waals surface area contributed by atoms with Crippen LogP contribution in [0.3, 0.4) is 0 Å². The van der Waals surface area contributed by atoms with Crippen molar-refractivity contribution in [1.29, 1.82) is 0 Å². The summed E-state index contributed by atoms with van der Waals surface area (Å²) in [7, 11) is 1.53. The van der Waals surface area contributed by atoms with Crippen LogP contribution in [0.5, 0.6) is 0 Å². The van der Waals surface area contributed by atoms with Gasteiger partial charge in [-0.3, -0.25) is 0 Å². The largest absolute Gasteiger partial charge is 0.478 e. The van der Waals surface area contributed by atoms with Crippen LogP contribution < -0.4 is 0 Å². The van der Waals surface area contributed by atoms with E-state index in [0.717, 1.165) is 0 Å². The number of rotatable bonds is 7. The first kappa shape index (κ1) is 12.1. The highest BCUT2D eigenvalue weighted by molar-refractivity contribution is 5.85. The number of aliphatic carboxylic acids is 1. The Kier molecular flexibility index (Phi) is 6.18. The number of hydrogen-bond acceptors (Lipinski definition) is 3. The molecular weight excluding hydrogens is 172 g/mol. The molecule has 0 saturated carbocycles. The quantitative estimate of drug-likeness (QED) is 0.485. The van der Waals surface area contributed by atoms with Crippen LogP contribution in [-0.4, -0.2) is 31.1 Å². The van der Waals surface area contributed by atoms with E-state index < -0.39 is 5.97 Å². The zero-order valence-corrected chi connectivity index (χ0v) is 8.08. The number of hydrogen-bond donors (Lipinski definition) is 1. The molecule has 0 spiro atoms. The number of methoxy groups -OCH3 is 1. The first-order valence-electron chi connectivity index (χ1n) is 4.17. The van der Waals surface area contributed by atoms with Gasteiger partial charge in [-0.25, -0.2) is 4.79 Å². The van der Waals surface area contributed by atoms with Crippen LogP contribution in [0.15, 0.2) is 12.2 Å². The van der Waals surface area contributed by atoms with Gasteiger partial charge in [0.2, 0.25) is 0 Å². The third-order valence-electron chi connectivity index (χ3n) is 1.60. The maximum absolute atomic E-state index is 10.4. The number of carbonyl (C=O) groups is 1. The van der Waals surface area contributed by atoms with E-state index >= 15 is 0 Å². The summed E-state index contributed by atoms with van der Waals surface area (Å²) in [5, 5.41) is 8.52. The fourth-order valence-corrected chi connectivity index (χ4v) is 0.854. The molecule has 4 nitrogen and oxygen atoms in total. The fraction of sp³-hybridized carbons (Fsp3) is 0.667. The van der Waals surface area contributed by atoms with Crippen molar-refractivity contribution >= 4 is 5.97 Å². The Morgan fingerprint density at radius 2 is 2.23 bits per heavy atom. The van der Waals surface area contributed by atoms with Gasteiger partial charge in [0, 0.05) is 25.7 Å². The second-order valence-corrected chi connectivity index (χ2v) is 2.57. The molecule has 0 aromatic rings. The Bertz CT molecular complexity index is 176. The third-order valence-corrected chi connectivity index (χ3v) is 1.60. The normalized spacial score (nSPS) is 12.5. The summed E-state index contributed by atoms with van der Waals surface area (Å²) >= 11 is 0. The second-order valence-electron chi connectivity index (χ2n) is 2.57. The van der Waals surface area contributed by atoms with Crippen LogP contribution in [0.4, 0.5) is 0 Å². The molecule has 0 aromatic carbocycles. The lowest BCUT2D eigenvalue weighted by Crippen LogP contribution is -2.16. The zero-order valence-electron chi connectivity index (χ0n) is 8.08. The SMILES string of the molecule is C=C(CCC(OC)OCC)C(=O)O. The average molecular weight is 188 g/mol. The van der Waals surface area contributed by atoms with E-state index in [4.69, 9.17) is 14.6 Å². The van der Waals surface area contributed by atoms with Crippen LogP contribution >= 0.6 is 0 Å². The predicted octanol–water partition coefficient (Wildman–Crippen LogP) is 1.42. The maximum atomic E-state index is 10.4. The molecule has 0 aliphatic rings. The summed E-state index contributed by atoms with van der Waals surface area (Å²) in [6.07, 6.45) is 0.574. The lowest BCUT2D eigenvalue weighted by atomic mass is 10.1. The molecule has 0 radical (unpaired) electrons. The van der Waals surface area contributed by atoms with Crippen molar-refractivity contribution in [1.82, 2.24) is 0 Å². The van der Waals surface area contributed by atoms with E-state index in [2.05, 4.69) is 6.58 Å². The minimum atomic E-state index is -0.966. The summed E-state index contributed by atoms with van der Waals surface area (Å²) < 4.78 is 10.1. The molecule has 1 atom stereocenters. The topological polar surface area (TPSA) is 55.8 Å². The van der Waals surface area contributed by atoms with Gasteiger partial charge in [-0.15, -0.1) is 0 Å². The molecule has 4 heteroatoms. The molecule has 0 heterocycles. The van der Waals surface area contributed by atoms with Crippen molar-refractivity contribution in [3.63, 3.8) is 0 Å². The Morgan fingerprint density at radius 3 is 2.62 bits per heavy atom. The highest BCUT2D eigenvalue weighted by Gasteiger charge is 2.10. The Hall–Kier alpha value is -0.870. The Balaban J connectivity index is 3.71. The molecule has 0 aliphatic carbocycles. The number of carboxylic acid groups (broad SMARTS) is 1. The lowest BCUT2D eigenvalue weighted by Gasteiger charge is -2.14. The molecule has 0 fully saturated rings. The summed E-state index contributed by atoms with van der Waals surface area (Å²) in [5.41, 5.74) is 0.182. The molecule has 1 N–H and O–H groups in total. The van der Waals surface area contributed by atoms with E-state index in [-0.39, 0.29) is 11.9 Å². The van der Waals surface area contributed by atoms with E-state index in [0.29, 0.717) is 19.4 Å². The van der Waals surface area contributed by atoms with Gasteiger partial charge in [0.1, 0.15) is 0 Å². The standard InChI is InChI=1S/C9H16O4/c1-4-13-8(12-3)6-5-7(2)9(10)11/h8H,2,4-6H2,1,3H3,(H,10,11). The van der Waals surface area contributed by atoms with E-state index in [9.17, 15) is 4.79 Å². The smallest absolute Gasteiger partial charge is 0.330 e. The predicted molar refractivity (Wildman–Crippen MR) is 48.4 cm³/mol. The van der Waals surface area contributed by atoms with Gasteiger partial charge in [0.15, 0.2) is 6.29 Å². The number of ether oxygens (including phenoxy) is 2. The minimum Gasteiger partial charge on any atom is -0.478 e. The molecule has 0 rings (SSSR count). The van der Waals surface area contributed by atoms with Crippen LogP contribution in [0.2, 0.25) is 0 Å². The van der Waals surface area contributed by atoms with Crippen molar-refractivity contribution < 1.29 is 19.4 Å². The van der Waals surface area contributed by atoms with Gasteiger partial charge < -0.3 is 14.6 Å². The third kappa shape index (κ3) is 5.38. The van der Waals surface area contributed by atoms with Gasteiger partial charge >= 0.3 is 5.97 Å². The fourth-order valence-electron chi connectivity index (χ4n) is 0.854. The maximum Gasteiger partial charge on any atom is 0.330 e. The van der Waals surface area contributed by atoms with Crippen LogP contribution in [0.1, 0.15) is 19.8 Å². The summed E-state index contributed by atoms with van der Waals surface area (Å²) in [5.74, 6) is -0.966. The zero-order chi connectivity index (χ0) is 10.3. The van der Waals surface area contributed by atoms with Gasteiger partial charge in [-0.1, -0.05) is 6.58 Å². The molecule has 76 valence electrons. The second kappa shape index (κ2) is 6.62. The lowest BCUT2D eigenvalue weighted by molar-refractivity contribution is -0.134. The van der Waals surface area contributed by atoms with Crippen LogP contribution in [0, 0.1) is 0 Å². The summed E-state index contributed by atoms with van der Waals surface area (Å²) in [4.78, 5) is 10.4. The molecule has 0 bridgehead atoms. The van der Waals surface area contributed by atoms with Crippen molar-refractivity contribution in [2.75, 3.05) is 13.7 Å². The highest BCUT2D eigenvalue weighted by Crippen LogP contribution is 2.08. The first-order valence-corrected chi connectivity index (χ1v) is 4.17. The molecule has 13 heavy (non-hydrogen) atoms. The van der Waals surface area contributed by atoms with Crippen molar-refractivity contribution in [3.05, 3.63) is 12.2 Å². The monoisotopic (exact) mass is 188 g/mol. The van der Waals surface area contributed by atoms with Gasteiger partial charge in [-0.05, 0) is 13.3 Å². The number of carboxylic acids is 1.